The molecular formula is C10H19ClN2O. The van der Waals surface area contributed by atoms with Crippen molar-refractivity contribution in [1.82, 2.24) is 9.80 Å². The number of piperazine rings is 1. The van der Waals surface area contributed by atoms with E-state index in [1.165, 1.54) is 19.3 Å². The normalized spacial score (nSPS) is 18.6. The van der Waals surface area contributed by atoms with Crippen molar-refractivity contribution in [3.63, 3.8) is 0 Å². The number of amides is 1. The summed E-state index contributed by atoms with van der Waals surface area (Å²) in [7, 11) is 0. The summed E-state index contributed by atoms with van der Waals surface area (Å²) in [6, 6.07) is 0. The van der Waals surface area contributed by atoms with Crippen LogP contribution in [-0.4, -0.2) is 47.9 Å². The Morgan fingerprint density at radius 1 is 1.21 bits per heavy atom. The third kappa shape index (κ3) is 3.84. The second-order valence-electron chi connectivity index (χ2n) is 3.79. The first-order chi connectivity index (χ1) is 6.74. The lowest BCUT2D eigenvalue weighted by Crippen LogP contribution is -2.47. The van der Waals surface area contributed by atoms with E-state index in [9.17, 15) is 4.79 Å². The average molecular weight is 219 g/mol. The zero-order valence-corrected chi connectivity index (χ0v) is 9.59. The van der Waals surface area contributed by atoms with Gasteiger partial charge in [-0.05, 0) is 24.6 Å². The van der Waals surface area contributed by atoms with Gasteiger partial charge in [-0.25, -0.2) is 0 Å². The second kappa shape index (κ2) is 6.25. The molecular weight excluding hydrogens is 200 g/mol. The Labute approximate surface area is 91.0 Å². The van der Waals surface area contributed by atoms with Crippen LogP contribution in [0.4, 0.5) is 4.79 Å². The zero-order chi connectivity index (χ0) is 10.4. The van der Waals surface area contributed by atoms with Crippen LogP contribution in [0.25, 0.3) is 0 Å². The summed E-state index contributed by atoms with van der Waals surface area (Å²) in [5.41, 5.74) is 0. The number of rotatable bonds is 4. The molecule has 0 atom stereocenters. The molecule has 0 unspecified atom stereocenters. The number of carbonyl (C=O) groups excluding carboxylic acids is 1. The van der Waals surface area contributed by atoms with Crippen LogP contribution in [-0.2, 0) is 0 Å². The smallest absolute Gasteiger partial charge is 0.316 e. The van der Waals surface area contributed by atoms with Gasteiger partial charge in [0.1, 0.15) is 0 Å². The van der Waals surface area contributed by atoms with Crippen LogP contribution < -0.4 is 0 Å². The van der Waals surface area contributed by atoms with Crippen LogP contribution in [0.15, 0.2) is 0 Å². The third-order valence-corrected chi connectivity index (χ3v) is 2.94. The van der Waals surface area contributed by atoms with Crippen molar-refractivity contribution in [2.75, 3.05) is 32.7 Å². The minimum atomic E-state index is -0.307. The van der Waals surface area contributed by atoms with Crippen LogP contribution >= 0.6 is 11.6 Å². The van der Waals surface area contributed by atoms with Gasteiger partial charge in [0, 0.05) is 26.2 Å². The fourth-order valence-corrected chi connectivity index (χ4v) is 1.90. The van der Waals surface area contributed by atoms with E-state index in [-0.39, 0.29) is 5.37 Å². The lowest BCUT2D eigenvalue weighted by Gasteiger charge is -2.33. The van der Waals surface area contributed by atoms with Crippen molar-refractivity contribution in [3.05, 3.63) is 0 Å². The predicted octanol–water partition coefficient (Wildman–Crippen LogP) is 2.15. The standard InChI is InChI=1S/C10H19ClN2O/c1-2-3-4-5-12-6-8-13(9-7-12)10(11)14/h2-9H2,1H3. The molecule has 0 spiro atoms. The first-order valence-corrected chi connectivity index (χ1v) is 5.78. The molecule has 1 aliphatic rings. The van der Waals surface area contributed by atoms with E-state index >= 15 is 0 Å². The van der Waals surface area contributed by atoms with Crippen molar-refractivity contribution in [2.24, 2.45) is 0 Å². The molecule has 1 fully saturated rings. The first-order valence-electron chi connectivity index (χ1n) is 5.40. The molecule has 0 aromatic rings. The Bertz CT molecular complexity index is 179. The minimum absolute atomic E-state index is 0.307. The molecule has 0 saturated carbocycles. The molecule has 0 N–H and O–H groups in total. The van der Waals surface area contributed by atoms with Crippen LogP contribution in [0.5, 0.6) is 0 Å². The van der Waals surface area contributed by atoms with Crippen molar-refractivity contribution in [1.29, 1.82) is 0 Å². The van der Waals surface area contributed by atoms with Gasteiger partial charge in [0.25, 0.3) is 0 Å². The van der Waals surface area contributed by atoms with Crippen LogP contribution in [0.1, 0.15) is 26.2 Å². The molecule has 82 valence electrons. The number of carbonyl (C=O) groups is 1. The van der Waals surface area contributed by atoms with Gasteiger partial charge < -0.3 is 4.90 Å². The van der Waals surface area contributed by atoms with Gasteiger partial charge in [-0.15, -0.1) is 0 Å². The second-order valence-corrected chi connectivity index (χ2v) is 4.11. The van der Waals surface area contributed by atoms with Gasteiger partial charge in [0.15, 0.2) is 0 Å². The molecule has 1 aliphatic heterocycles. The van der Waals surface area contributed by atoms with E-state index in [1.54, 1.807) is 4.90 Å². The molecule has 3 nitrogen and oxygen atoms in total. The molecule has 0 radical (unpaired) electrons. The van der Waals surface area contributed by atoms with Gasteiger partial charge in [0.2, 0.25) is 0 Å². The molecule has 1 amide bonds. The maximum Gasteiger partial charge on any atom is 0.316 e. The van der Waals surface area contributed by atoms with Crippen LogP contribution in [0.2, 0.25) is 0 Å². The zero-order valence-electron chi connectivity index (χ0n) is 8.84. The molecule has 14 heavy (non-hydrogen) atoms. The number of halogens is 1. The molecule has 0 aliphatic carbocycles. The van der Waals surface area contributed by atoms with Gasteiger partial charge in [-0.1, -0.05) is 19.8 Å². The fourth-order valence-electron chi connectivity index (χ4n) is 1.73. The Morgan fingerprint density at radius 3 is 2.36 bits per heavy atom. The molecule has 4 heteroatoms. The summed E-state index contributed by atoms with van der Waals surface area (Å²) in [6.07, 6.45) is 3.83. The highest BCUT2D eigenvalue weighted by Crippen LogP contribution is 2.06. The summed E-state index contributed by atoms with van der Waals surface area (Å²) >= 11 is 5.40. The highest BCUT2D eigenvalue weighted by molar-refractivity contribution is 6.62. The minimum Gasteiger partial charge on any atom is -0.327 e. The van der Waals surface area contributed by atoms with E-state index in [1.807, 2.05) is 0 Å². The number of unbranched alkanes of at least 4 members (excludes halogenated alkanes) is 2. The lowest BCUT2D eigenvalue weighted by molar-refractivity contribution is 0.151. The molecule has 0 aromatic carbocycles. The van der Waals surface area contributed by atoms with E-state index in [4.69, 9.17) is 11.6 Å². The van der Waals surface area contributed by atoms with Gasteiger partial charge in [0.05, 0.1) is 0 Å². The highest BCUT2D eigenvalue weighted by atomic mass is 35.5. The van der Waals surface area contributed by atoms with Gasteiger partial charge >= 0.3 is 5.37 Å². The van der Waals surface area contributed by atoms with E-state index < -0.39 is 0 Å². The van der Waals surface area contributed by atoms with Crippen molar-refractivity contribution in [2.45, 2.75) is 26.2 Å². The highest BCUT2D eigenvalue weighted by Gasteiger charge is 2.18. The van der Waals surface area contributed by atoms with E-state index in [0.29, 0.717) is 0 Å². The Morgan fingerprint density at radius 2 is 1.86 bits per heavy atom. The maximum absolute atomic E-state index is 10.8. The van der Waals surface area contributed by atoms with Gasteiger partial charge in [-0.2, -0.15) is 0 Å². The number of hydrogen-bond acceptors (Lipinski definition) is 2. The van der Waals surface area contributed by atoms with Crippen LogP contribution in [0, 0.1) is 0 Å². The molecule has 1 rings (SSSR count). The topological polar surface area (TPSA) is 23.6 Å². The fraction of sp³-hybridized carbons (Fsp3) is 0.900. The van der Waals surface area contributed by atoms with Crippen LogP contribution in [0.3, 0.4) is 0 Å². The summed E-state index contributed by atoms with van der Waals surface area (Å²) in [6.45, 7) is 6.90. The summed E-state index contributed by atoms with van der Waals surface area (Å²) in [5, 5.41) is -0.307. The maximum atomic E-state index is 10.8. The Hall–Kier alpha value is -0.280. The largest absolute Gasteiger partial charge is 0.327 e. The monoisotopic (exact) mass is 218 g/mol. The van der Waals surface area contributed by atoms with Crippen molar-refractivity contribution in [3.8, 4) is 0 Å². The Balaban J connectivity index is 2.12. The Kier molecular flexibility index (Phi) is 5.26. The lowest BCUT2D eigenvalue weighted by atomic mass is 10.2. The average Bonchev–Trinajstić information content (AvgIpc) is 2.19. The SMILES string of the molecule is CCCCCN1CCN(C(=O)Cl)CC1. The first kappa shape index (κ1) is 11.8. The quantitative estimate of drug-likeness (QED) is 0.410. The molecule has 0 bridgehead atoms. The van der Waals surface area contributed by atoms with E-state index in [2.05, 4.69) is 11.8 Å². The number of hydrogen-bond donors (Lipinski definition) is 0. The summed E-state index contributed by atoms with van der Waals surface area (Å²) in [4.78, 5) is 15.0. The molecule has 0 aromatic heterocycles. The number of nitrogens with zero attached hydrogens (tertiary/aromatic N) is 2. The molecule has 1 heterocycles. The van der Waals surface area contributed by atoms with Gasteiger partial charge in [-0.3, -0.25) is 9.69 Å². The summed E-state index contributed by atoms with van der Waals surface area (Å²) in [5.74, 6) is 0. The summed E-state index contributed by atoms with van der Waals surface area (Å²) < 4.78 is 0. The predicted molar refractivity (Wildman–Crippen MR) is 58.8 cm³/mol. The van der Waals surface area contributed by atoms with E-state index in [0.717, 1.165) is 32.7 Å². The molecule has 1 saturated heterocycles. The van der Waals surface area contributed by atoms with Crippen molar-refractivity contribution >= 4 is 17.0 Å². The van der Waals surface area contributed by atoms with Crippen molar-refractivity contribution < 1.29 is 4.79 Å². The third-order valence-electron chi connectivity index (χ3n) is 2.70.